The van der Waals surface area contributed by atoms with Crippen LogP contribution in [0, 0.1) is 0 Å². The summed E-state index contributed by atoms with van der Waals surface area (Å²) in [6, 6.07) is 0. The van der Waals surface area contributed by atoms with E-state index in [9.17, 15) is 38.7 Å². The second kappa shape index (κ2) is 16.3. The van der Waals surface area contributed by atoms with Crippen molar-refractivity contribution in [1.29, 1.82) is 0 Å². The Bertz CT molecular complexity index is 1090. The molecule has 2 saturated heterocycles. The first-order valence-electron chi connectivity index (χ1n) is 13.3. The summed E-state index contributed by atoms with van der Waals surface area (Å²) < 4.78 is 54.1. The Balaban J connectivity index is 2.66. The highest BCUT2D eigenvalue weighted by molar-refractivity contribution is 5.69. The first-order valence-corrected chi connectivity index (χ1v) is 13.3. The van der Waals surface area contributed by atoms with Crippen molar-refractivity contribution in [3.8, 4) is 0 Å². The molecule has 0 amide bonds. The van der Waals surface area contributed by atoms with E-state index >= 15 is 0 Å². The predicted octanol–water partition coefficient (Wildman–Crippen LogP) is -1.40. The monoisotopic (exact) mass is 636 g/mol. The molecule has 2 heterocycles. The van der Waals surface area contributed by atoms with Gasteiger partial charge in [0.2, 0.25) is 0 Å². The van der Waals surface area contributed by atoms with Gasteiger partial charge in [0, 0.05) is 48.5 Å². The van der Waals surface area contributed by atoms with Crippen molar-refractivity contribution < 1.29 is 86.0 Å². The molecule has 1 N–H and O–H groups in total. The quantitative estimate of drug-likeness (QED) is 0.203. The summed E-state index contributed by atoms with van der Waals surface area (Å²) >= 11 is 0. The van der Waals surface area contributed by atoms with E-state index in [1.807, 2.05) is 0 Å². The average Bonchev–Trinajstić information content (AvgIpc) is 2.87. The van der Waals surface area contributed by atoms with Crippen LogP contribution < -0.4 is 0 Å². The van der Waals surface area contributed by atoms with Gasteiger partial charge in [-0.1, -0.05) is 0 Å². The van der Waals surface area contributed by atoms with Crippen LogP contribution in [0.4, 0.5) is 0 Å². The lowest BCUT2D eigenvalue weighted by molar-refractivity contribution is -0.357. The maximum atomic E-state index is 12.2. The minimum Gasteiger partial charge on any atom is -0.463 e. The summed E-state index contributed by atoms with van der Waals surface area (Å²) in [5, 5.41) is 10.6. The zero-order chi connectivity index (χ0) is 33.3. The highest BCUT2D eigenvalue weighted by atomic mass is 16.8. The number of carbonyl (C=O) groups excluding carboxylic acids is 7. The minimum absolute atomic E-state index is 0.572. The molecule has 18 heteroatoms. The van der Waals surface area contributed by atoms with Gasteiger partial charge < -0.3 is 52.5 Å². The molecule has 2 rings (SSSR count). The highest BCUT2D eigenvalue weighted by Crippen LogP contribution is 2.34. The molecule has 10 atom stereocenters. The largest absolute Gasteiger partial charge is 0.463 e. The van der Waals surface area contributed by atoms with Crippen LogP contribution in [0.3, 0.4) is 0 Å². The average molecular weight is 637 g/mol. The van der Waals surface area contributed by atoms with Gasteiger partial charge in [0.05, 0.1) is 0 Å². The molecule has 248 valence electrons. The fraction of sp³-hybridized carbons (Fsp3) is 0.731. The second-order valence-corrected chi connectivity index (χ2v) is 9.68. The summed E-state index contributed by atoms with van der Waals surface area (Å²) in [6.07, 6.45) is -16.3. The van der Waals surface area contributed by atoms with E-state index < -0.39 is 116 Å². The molecular weight excluding hydrogens is 600 g/mol. The van der Waals surface area contributed by atoms with Gasteiger partial charge in [0.25, 0.3) is 0 Å². The molecule has 2 fully saturated rings. The van der Waals surface area contributed by atoms with Gasteiger partial charge in [-0.25, -0.2) is 0 Å². The van der Waals surface area contributed by atoms with Crippen LogP contribution in [-0.4, -0.2) is 122 Å². The SMILES string of the molecule is CC(=O)OC[C@H]1O[C@@H](O[C@H]2[C@H](OC(C)=O)[C@H](OC(C)=O)[C@H](O)O[C@@H]2COC(C)=O)[C@H](OC(C)=O)[C@@H](OC(C)=O)[C@H]1OC(C)=O. The van der Waals surface area contributed by atoms with E-state index in [4.69, 9.17) is 47.4 Å². The Morgan fingerprint density at radius 1 is 0.477 bits per heavy atom. The van der Waals surface area contributed by atoms with Crippen LogP contribution in [0.5, 0.6) is 0 Å². The zero-order valence-corrected chi connectivity index (χ0v) is 25.1. The van der Waals surface area contributed by atoms with Crippen molar-refractivity contribution in [3.63, 3.8) is 0 Å². The normalized spacial score (nSPS) is 31.5. The first kappa shape index (κ1) is 36.3. The maximum Gasteiger partial charge on any atom is 0.303 e. The number of esters is 7. The van der Waals surface area contributed by atoms with E-state index in [0.717, 1.165) is 48.5 Å². The standard InChI is InChI=1S/C26H36O18/c1-10(27)35-8-17-20(21(38-13(4)30)23(25(34)42-17)40-15(6)32)44-26-24(41-16(7)33)22(39-14(5)31)19(37-12(3)29)18(43-26)9-36-11(2)28/h17-26,34H,8-9H2,1-7H3/t17-,18-,19+,20-,21+,22+,23+,24-,25-,26+/m1/s1. The van der Waals surface area contributed by atoms with Crippen LogP contribution in [-0.2, 0) is 80.9 Å². The molecule has 44 heavy (non-hydrogen) atoms. The second-order valence-electron chi connectivity index (χ2n) is 9.68. The number of hydrogen-bond donors (Lipinski definition) is 1. The maximum absolute atomic E-state index is 12.2. The lowest BCUT2D eigenvalue weighted by Gasteiger charge is -2.48. The minimum atomic E-state index is -1.90. The van der Waals surface area contributed by atoms with Crippen LogP contribution in [0.15, 0.2) is 0 Å². The lowest BCUT2D eigenvalue weighted by atomic mass is 9.96. The Morgan fingerprint density at radius 2 is 0.841 bits per heavy atom. The molecule has 0 spiro atoms. The van der Waals surface area contributed by atoms with Gasteiger partial charge in [-0.05, 0) is 0 Å². The van der Waals surface area contributed by atoms with Crippen LogP contribution in [0.1, 0.15) is 48.5 Å². The molecule has 0 aromatic heterocycles. The van der Waals surface area contributed by atoms with Crippen molar-refractivity contribution in [3.05, 3.63) is 0 Å². The van der Waals surface area contributed by atoms with E-state index in [1.165, 1.54) is 0 Å². The molecule has 18 nitrogen and oxygen atoms in total. The van der Waals surface area contributed by atoms with Gasteiger partial charge in [0.1, 0.15) is 31.5 Å². The van der Waals surface area contributed by atoms with Gasteiger partial charge in [-0.3, -0.25) is 33.6 Å². The van der Waals surface area contributed by atoms with Gasteiger partial charge in [-0.15, -0.1) is 0 Å². The topological polar surface area (TPSA) is 232 Å². The first-order chi connectivity index (χ1) is 20.5. The number of aliphatic hydroxyl groups is 1. The van der Waals surface area contributed by atoms with Gasteiger partial charge >= 0.3 is 41.8 Å². The smallest absolute Gasteiger partial charge is 0.303 e. The van der Waals surface area contributed by atoms with Crippen molar-refractivity contribution >= 4 is 41.8 Å². The van der Waals surface area contributed by atoms with Crippen molar-refractivity contribution in [2.45, 2.75) is 110 Å². The van der Waals surface area contributed by atoms with Crippen molar-refractivity contribution in [2.24, 2.45) is 0 Å². The van der Waals surface area contributed by atoms with Crippen LogP contribution in [0.2, 0.25) is 0 Å². The van der Waals surface area contributed by atoms with Crippen molar-refractivity contribution in [2.75, 3.05) is 13.2 Å². The molecule has 0 aliphatic carbocycles. The third-order valence-corrected chi connectivity index (χ3v) is 5.90. The molecule has 0 aromatic carbocycles. The van der Waals surface area contributed by atoms with E-state index in [2.05, 4.69) is 0 Å². The van der Waals surface area contributed by atoms with Crippen LogP contribution in [0.25, 0.3) is 0 Å². The molecular formula is C26H36O18. The van der Waals surface area contributed by atoms with Gasteiger partial charge in [0.15, 0.2) is 43.1 Å². The summed E-state index contributed by atoms with van der Waals surface area (Å²) in [5.74, 6) is -6.03. The Labute approximate surface area is 251 Å². The third kappa shape index (κ3) is 10.7. The lowest BCUT2D eigenvalue weighted by Crippen LogP contribution is -2.67. The summed E-state index contributed by atoms with van der Waals surface area (Å²) in [6.45, 7) is 6.11. The predicted molar refractivity (Wildman–Crippen MR) is 135 cm³/mol. The summed E-state index contributed by atoms with van der Waals surface area (Å²) in [4.78, 5) is 83.5. The van der Waals surface area contributed by atoms with Crippen molar-refractivity contribution in [1.82, 2.24) is 0 Å². The Hall–Kier alpha value is -3.87. The number of hydrogen-bond acceptors (Lipinski definition) is 18. The Kier molecular flexibility index (Phi) is 13.4. The van der Waals surface area contributed by atoms with Crippen LogP contribution >= 0.6 is 0 Å². The van der Waals surface area contributed by atoms with Gasteiger partial charge in [-0.2, -0.15) is 0 Å². The number of carbonyl (C=O) groups is 7. The summed E-state index contributed by atoms with van der Waals surface area (Å²) in [5.41, 5.74) is 0. The fourth-order valence-corrected chi connectivity index (χ4v) is 4.49. The number of aliphatic hydroxyl groups excluding tert-OH is 1. The van der Waals surface area contributed by atoms with E-state index in [0.29, 0.717) is 0 Å². The fourth-order valence-electron chi connectivity index (χ4n) is 4.49. The molecule has 0 unspecified atom stereocenters. The zero-order valence-electron chi connectivity index (χ0n) is 25.1. The molecule has 0 bridgehead atoms. The molecule has 0 radical (unpaired) electrons. The summed E-state index contributed by atoms with van der Waals surface area (Å²) in [7, 11) is 0. The van der Waals surface area contributed by atoms with E-state index in [-0.39, 0.29) is 0 Å². The Morgan fingerprint density at radius 3 is 1.27 bits per heavy atom. The highest BCUT2D eigenvalue weighted by Gasteiger charge is 2.57. The van der Waals surface area contributed by atoms with E-state index in [1.54, 1.807) is 0 Å². The molecule has 2 aliphatic rings. The number of rotatable bonds is 11. The molecule has 0 saturated carbocycles. The number of ether oxygens (including phenoxy) is 10. The molecule has 2 aliphatic heterocycles. The molecule has 0 aromatic rings. The third-order valence-electron chi connectivity index (χ3n) is 5.90.